The molecule has 0 saturated carbocycles. The number of nitrogen functional groups attached to an aromatic ring is 1. The third-order valence-corrected chi connectivity index (χ3v) is 6.63. The number of anilines is 1. The van der Waals surface area contributed by atoms with E-state index in [9.17, 15) is 28.5 Å². The van der Waals surface area contributed by atoms with E-state index in [0.29, 0.717) is 11.4 Å². The standard InChI is InChI=1S/C19H20N6O8S/c20-16-13-17(22-7-21-16)25-11(23-13)5-4-8-2-1-3-9(26)12(8)18(29)24-34(30,31)32-6-10-14(27)15(28)19(25)33-10/h1-3,7,10,14-15,19,26-28H,4-6H2,(H,24,29)(H2,20,21,22)/t10-,14-,15-,19-/m1/s1. The Morgan fingerprint density at radius 2 is 1.97 bits per heavy atom. The van der Waals surface area contributed by atoms with Gasteiger partial charge in [0.25, 0.3) is 5.91 Å². The molecule has 14 nitrogen and oxygen atoms in total. The summed E-state index contributed by atoms with van der Waals surface area (Å²) < 4.78 is 38.4. The van der Waals surface area contributed by atoms with Gasteiger partial charge in [0.2, 0.25) is 0 Å². The van der Waals surface area contributed by atoms with Crippen molar-refractivity contribution in [1.29, 1.82) is 0 Å². The van der Waals surface area contributed by atoms with Gasteiger partial charge in [0.05, 0.1) is 12.2 Å². The summed E-state index contributed by atoms with van der Waals surface area (Å²) in [7, 11) is -4.63. The molecule has 4 heterocycles. The molecule has 2 aliphatic heterocycles. The van der Waals surface area contributed by atoms with E-state index in [1.165, 1.54) is 23.0 Å². The van der Waals surface area contributed by atoms with Gasteiger partial charge in [-0.05, 0) is 18.1 Å². The smallest absolute Gasteiger partial charge is 0.362 e. The Morgan fingerprint density at radius 1 is 1.18 bits per heavy atom. The third kappa shape index (κ3) is 3.72. The molecule has 0 unspecified atom stereocenters. The van der Waals surface area contributed by atoms with Crippen LogP contribution in [0, 0.1) is 0 Å². The summed E-state index contributed by atoms with van der Waals surface area (Å²) in [5, 5.41) is 31.5. The van der Waals surface area contributed by atoms with E-state index in [1.807, 2.05) is 0 Å². The van der Waals surface area contributed by atoms with Crippen LogP contribution in [0.2, 0.25) is 0 Å². The highest BCUT2D eigenvalue weighted by Gasteiger charge is 2.46. The highest BCUT2D eigenvalue weighted by Crippen LogP contribution is 2.34. The lowest BCUT2D eigenvalue weighted by atomic mass is 10.0. The number of nitrogens with two attached hydrogens (primary N) is 1. The second kappa shape index (κ2) is 8.14. The number of amides is 1. The minimum atomic E-state index is -4.63. The maximum Gasteiger partial charge on any atom is 0.362 e. The monoisotopic (exact) mass is 492 g/mol. The van der Waals surface area contributed by atoms with Crippen LogP contribution in [0.1, 0.15) is 28.0 Å². The number of nitrogens with one attached hydrogen (secondary N) is 1. The van der Waals surface area contributed by atoms with Crippen molar-refractivity contribution in [1.82, 2.24) is 24.2 Å². The molecule has 0 radical (unpaired) electrons. The largest absolute Gasteiger partial charge is 0.507 e. The molecule has 5 rings (SSSR count). The number of ether oxygens (including phenoxy) is 1. The van der Waals surface area contributed by atoms with Gasteiger partial charge in [0.15, 0.2) is 23.2 Å². The van der Waals surface area contributed by atoms with Crippen LogP contribution < -0.4 is 10.5 Å². The van der Waals surface area contributed by atoms with Crippen LogP contribution in [0.4, 0.5) is 5.82 Å². The summed E-state index contributed by atoms with van der Waals surface area (Å²) in [6.07, 6.45) is -3.98. The van der Waals surface area contributed by atoms with Gasteiger partial charge in [0, 0.05) is 6.42 Å². The maximum absolute atomic E-state index is 12.7. The number of aliphatic hydroxyl groups is 2. The highest BCUT2D eigenvalue weighted by atomic mass is 32.2. The van der Waals surface area contributed by atoms with E-state index < -0.39 is 53.1 Å². The molecule has 2 bridgehead atoms. The summed E-state index contributed by atoms with van der Waals surface area (Å²) >= 11 is 0. The molecule has 4 atom stereocenters. The number of hydrogen-bond acceptors (Lipinski definition) is 12. The lowest BCUT2D eigenvalue weighted by Gasteiger charge is -2.20. The number of aromatic hydroxyl groups is 1. The van der Waals surface area contributed by atoms with Crippen LogP contribution in [0.3, 0.4) is 0 Å². The summed E-state index contributed by atoms with van der Waals surface area (Å²) in [4.78, 5) is 25.3. The molecule has 1 aromatic carbocycles. The molecule has 1 amide bonds. The summed E-state index contributed by atoms with van der Waals surface area (Å²) in [5.74, 6) is -1.09. The van der Waals surface area contributed by atoms with Crippen molar-refractivity contribution in [3.05, 3.63) is 41.5 Å². The first-order valence-corrected chi connectivity index (χ1v) is 11.6. The number of hydrogen-bond donors (Lipinski definition) is 5. The van der Waals surface area contributed by atoms with Crippen molar-refractivity contribution in [3.63, 3.8) is 0 Å². The molecule has 2 aromatic heterocycles. The van der Waals surface area contributed by atoms with E-state index in [0.717, 1.165) is 0 Å². The second-order valence-corrected chi connectivity index (χ2v) is 9.20. The number of rotatable bonds is 0. The Labute approximate surface area is 192 Å². The lowest BCUT2D eigenvalue weighted by molar-refractivity contribution is -0.0481. The molecule has 0 aliphatic carbocycles. The Morgan fingerprint density at radius 3 is 2.76 bits per heavy atom. The molecule has 34 heavy (non-hydrogen) atoms. The van der Waals surface area contributed by atoms with E-state index in [-0.39, 0.29) is 35.4 Å². The fourth-order valence-electron chi connectivity index (χ4n) is 4.15. The highest BCUT2D eigenvalue weighted by molar-refractivity contribution is 7.85. The molecule has 0 spiro atoms. The number of imidazole rings is 1. The third-order valence-electron chi connectivity index (χ3n) is 5.75. The zero-order valence-electron chi connectivity index (χ0n) is 17.4. The molecule has 6 N–H and O–H groups in total. The topological polar surface area (TPSA) is 212 Å². The number of fused-ring (bicyclic) bond motifs is 7. The first-order chi connectivity index (χ1) is 16.2. The number of phenolic OH excluding ortho intramolecular Hbond substituents is 1. The second-order valence-electron chi connectivity index (χ2n) is 7.86. The number of carbonyl (C=O) groups excluding carboxylic acids is 1. The van der Waals surface area contributed by atoms with E-state index >= 15 is 0 Å². The predicted octanol–water partition coefficient (Wildman–Crippen LogP) is -1.48. The zero-order valence-corrected chi connectivity index (χ0v) is 18.2. The van der Waals surface area contributed by atoms with Gasteiger partial charge in [-0.2, -0.15) is 8.42 Å². The van der Waals surface area contributed by atoms with Crippen molar-refractivity contribution >= 4 is 33.2 Å². The Bertz CT molecular complexity index is 1390. The van der Waals surface area contributed by atoms with Crippen molar-refractivity contribution in [2.75, 3.05) is 12.3 Å². The molecule has 180 valence electrons. The Balaban J connectivity index is 1.67. The van der Waals surface area contributed by atoms with E-state index in [2.05, 4.69) is 15.0 Å². The number of nitrogens with zero attached hydrogens (tertiary/aromatic N) is 4. The quantitative estimate of drug-likeness (QED) is 0.243. The number of aliphatic hydroxyl groups excluding tert-OH is 2. The molecule has 15 heteroatoms. The van der Waals surface area contributed by atoms with Gasteiger partial charge in [-0.1, -0.05) is 12.1 Å². The Kier molecular flexibility index (Phi) is 5.37. The SMILES string of the molecule is Nc1ncnc2c1nc1n2[C@@H]2O[C@H](COS(=O)(=O)NC(=O)c3c(O)cccc3CC1)[C@@H](O)[C@H]2O. The normalized spacial score (nSPS) is 26.9. The van der Waals surface area contributed by atoms with Gasteiger partial charge in [0.1, 0.15) is 36.2 Å². The van der Waals surface area contributed by atoms with Crippen LogP contribution in [0.15, 0.2) is 24.5 Å². The Hall–Kier alpha value is -3.37. The maximum atomic E-state index is 12.7. The van der Waals surface area contributed by atoms with Crippen molar-refractivity contribution in [2.45, 2.75) is 37.4 Å². The number of phenols is 1. The fourth-order valence-corrected chi connectivity index (χ4v) is 4.85. The van der Waals surface area contributed by atoms with Crippen molar-refractivity contribution in [2.24, 2.45) is 0 Å². The first kappa shape index (κ1) is 22.4. The van der Waals surface area contributed by atoms with Gasteiger partial charge in [-0.15, -0.1) is 0 Å². The van der Waals surface area contributed by atoms with Crippen LogP contribution >= 0.6 is 0 Å². The molecular weight excluding hydrogens is 472 g/mol. The summed E-state index contributed by atoms with van der Waals surface area (Å²) in [6.45, 7) is -0.704. The van der Waals surface area contributed by atoms with Gasteiger partial charge < -0.3 is 25.8 Å². The van der Waals surface area contributed by atoms with Crippen LogP contribution in [0.5, 0.6) is 5.75 Å². The predicted molar refractivity (Wildman–Crippen MR) is 114 cm³/mol. The zero-order chi connectivity index (χ0) is 24.2. The molecule has 1 fully saturated rings. The summed E-state index contributed by atoms with van der Waals surface area (Å²) in [6, 6.07) is 4.31. The van der Waals surface area contributed by atoms with Crippen molar-refractivity contribution < 1.29 is 37.5 Å². The molecule has 1 saturated heterocycles. The minimum Gasteiger partial charge on any atom is -0.507 e. The fraction of sp³-hybridized carbons (Fsp3) is 0.368. The van der Waals surface area contributed by atoms with Crippen LogP contribution in [-0.2, 0) is 32.1 Å². The minimum absolute atomic E-state index is 0.0827. The molecule has 3 aromatic rings. The first-order valence-electron chi connectivity index (χ1n) is 10.2. The number of carbonyl (C=O) groups is 1. The lowest BCUT2D eigenvalue weighted by Crippen LogP contribution is -2.38. The van der Waals surface area contributed by atoms with E-state index in [1.54, 1.807) is 10.8 Å². The number of benzene rings is 1. The molecule has 2 aliphatic rings. The average Bonchev–Trinajstić information content (AvgIpc) is 3.28. The van der Waals surface area contributed by atoms with Gasteiger partial charge in [-0.25, -0.2) is 19.7 Å². The summed E-state index contributed by atoms with van der Waals surface area (Å²) in [5.41, 5.74) is 6.50. The van der Waals surface area contributed by atoms with Gasteiger partial charge >= 0.3 is 10.3 Å². The van der Waals surface area contributed by atoms with Crippen molar-refractivity contribution in [3.8, 4) is 5.75 Å². The molecular formula is C19H20N6O8S. The average molecular weight is 492 g/mol. The van der Waals surface area contributed by atoms with E-state index in [4.69, 9.17) is 14.7 Å². The van der Waals surface area contributed by atoms with Crippen LogP contribution in [-0.4, -0.2) is 74.1 Å². The number of aryl methyl sites for hydroxylation is 2. The number of aromatic nitrogens is 4. The van der Waals surface area contributed by atoms with Crippen LogP contribution in [0.25, 0.3) is 11.2 Å². The van der Waals surface area contributed by atoms with Gasteiger partial charge in [-0.3, -0.25) is 13.5 Å².